The van der Waals surface area contributed by atoms with Gasteiger partial charge in [-0.15, -0.1) is 0 Å². The molecule has 0 fully saturated rings. The number of fused-ring (bicyclic) bond motifs is 4. The maximum atomic E-state index is 13.4. The number of hydrogen-bond donors (Lipinski definition) is 1. The van der Waals surface area contributed by atoms with Crippen molar-refractivity contribution in [2.24, 2.45) is 5.41 Å². The van der Waals surface area contributed by atoms with Crippen LogP contribution in [0.1, 0.15) is 49.4 Å². The zero-order valence-electron chi connectivity index (χ0n) is 16.5. The van der Waals surface area contributed by atoms with Gasteiger partial charge in [0.05, 0.1) is 11.6 Å². The minimum atomic E-state index is -0.0959. The molecule has 1 atom stereocenters. The van der Waals surface area contributed by atoms with E-state index in [-0.39, 0.29) is 17.2 Å². The fourth-order valence-corrected chi connectivity index (χ4v) is 4.86. The minimum Gasteiger partial charge on any atom is -0.373 e. The quantitative estimate of drug-likeness (QED) is 0.585. The lowest BCUT2D eigenvalue weighted by molar-refractivity contribution is -0.118. The molecule has 3 aromatic rings. The molecule has 2 aromatic carbocycles. The first kappa shape index (κ1) is 17.2. The van der Waals surface area contributed by atoms with Crippen LogP contribution in [0.5, 0.6) is 0 Å². The van der Waals surface area contributed by atoms with Gasteiger partial charge < -0.3 is 5.32 Å². The Bertz CT molecular complexity index is 1160. The SMILES string of the molecule is Cc1ccccc1[C@@H]1Nc2ccc3ncccc3c2C2=C1C(=O)CC(C)(C)C2. The minimum absolute atomic E-state index is 0.0365. The molecule has 3 nitrogen and oxygen atoms in total. The van der Waals surface area contributed by atoms with Gasteiger partial charge in [0.2, 0.25) is 0 Å². The summed E-state index contributed by atoms with van der Waals surface area (Å²) in [6.07, 6.45) is 3.32. The molecule has 1 aromatic heterocycles. The van der Waals surface area contributed by atoms with E-state index in [1.165, 1.54) is 16.7 Å². The van der Waals surface area contributed by atoms with Gasteiger partial charge in [-0.05, 0) is 53.7 Å². The standard InChI is InChI=1S/C25H24N2O/c1-15-7-4-5-8-16(15)24-23-18(13-25(2,3)14-21(23)28)22-17-9-6-12-26-19(17)10-11-20(22)27-24/h4-12,24,27H,13-14H2,1-3H3/t24-/m0/s1. The second kappa shape index (κ2) is 6.03. The molecule has 28 heavy (non-hydrogen) atoms. The van der Waals surface area contributed by atoms with Crippen LogP contribution >= 0.6 is 0 Å². The molecule has 0 bridgehead atoms. The van der Waals surface area contributed by atoms with Crippen LogP contribution in [0, 0.1) is 12.3 Å². The Morgan fingerprint density at radius 1 is 1.04 bits per heavy atom. The summed E-state index contributed by atoms with van der Waals surface area (Å²) in [5.41, 5.74) is 7.71. The highest BCUT2D eigenvalue weighted by Gasteiger charge is 2.41. The normalized spacial score (nSPS) is 20.5. The zero-order valence-corrected chi connectivity index (χ0v) is 16.5. The number of nitrogens with one attached hydrogen (secondary N) is 1. The number of pyridine rings is 1. The van der Waals surface area contributed by atoms with E-state index in [4.69, 9.17) is 0 Å². The summed E-state index contributed by atoms with van der Waals surface area (Å²) < 4.78 is 0. The van der Waals surface area contributed by atoms with Crippen molar-refractivity contribution < 1.29 is 4.79 Å². The van der Waals surface area contributed by atoms with Crippen LogP contribution in [0.15, 0.2) is 60.3 Å². The Morgan fingerprint density at radius 3 is 2.68 bits per heavy atom. The zero-order chi connectivity index (χ0) is 19.5. The van der Waals surface area contributed by atoms with Crippen molar-refractivity contribution in [1.82, 2.24) is 4.98 Å². The molecule has 140 valence electrons. The van der Waals surface area contributed by atoms with E-state index in [0.717, 1.165) is 34.1 Å². The summed E-state index contributed by atoms with van der Waals surface area (Å²) in [7, 11) is 0. The highest BCUT2D eigenvalue weighted by atomic mass is 16.1. The Kier molecular flexibility index (Phi) is 3.70. The van der Waals surface area contributed by atoms with Crippen LogP contribution in [-0.4, -0.2) is 10.8 Å². The summed E-state index contributed by atoms with van der Waals surface area (Å²) in [5.74, 6) is 0.263. The number of Topliss-reactive ketones (excluding diaryl/α,β-unsaturated/α-hetero) is 1. The molecule has 3 heteroatoms. The van der Waals surface area contributed by atoms with Crippen LogP contribution in [0.3, 0.4) is 0 Å². The molecule has 0 amide bonds. The number of carbonyl (C=O) groups excluding carboxylic acids is 1. The van der Waals surface area contributed by atoms with Gasteiger partial charge in [0.1, 0.15) is 0 Å². The van der Waals surface area contributed by atoms with Gasteiger partial charge in [-0.1, -0.05) is 44.2 Å². The molecule has 1 aliphatic carbocycles. The second-order valence-corrected chi connectivity index (χ2v) is 8.83. The van der Waals surface area contributed by atoms with E-state index >= 15 is 0 Å². The van der Waals surface area contributed by atoms with Gasteiger partial charge in [-0.2, -0.15) is 0 Å². The number of rotatable bonds is 1. The first-order valence-electron chi connectivity index (χ1n) is 9.91. The van der Waals surface area contributed by atoms with E-state index in [1.807, 2.05) is 12.3 Å². The first-order valence-corrected chi connectivity index (χ1v) is 9.91. The molecule has 0 radical (unpaired) electrons. The van der Waals surface area contributed by atoms with E-state index < -0.39 is 0 Å². The highest BCUT2D eigenvalue weighted by molar-refractivity contribution is 6.12. The summed E-state index contributed by atoms with van der Waals surface area (Å²) in [6, 6.07) is 16.5. The molecule has 1 N–H and O–H groups in total. The van der Waals surface area contributed by atoms with Crippen LogP contribution < -0.4 is 5.32 Å². The predicted molar refractivity (Wildman–Crippen MR) is 114 cm³/mol. The average molecular weight is 368 g/mol. The smallest absolute Gasteiger partial charge is 0.162 e. The lowest BCUT2D eigenvalue weighted by atomic mass is 9.67. The second-order valence-electron chi connectivity index (χ2n) is 8.83. The molecule has 0 unspecified atom stereocenters. The van der Waals surface area contributed by atoms with Crippen molar-refractivity contribution in [3.63, 3.8) is 0 Å². The third-order valence-corrected chi connectivity index (χ3v) is 6.09. The Balaban J connectivity index is 1.83. The third-order valence-electron chi connectivity index (χ3n) is 6.09. The maximum Gasteiger partial charge on any atom is 0.162 e. The van der Waals surface area contributed by atoms with Gasteiger partial charge in [-0.3, -0.25) is 9.78 Å². The molecule has 2 heterocycles. The van der Waals surface area contributed by atoms with Gasteiger partial charge in [0.15, 0.2) is 5.78 Å². The molecule has 0 saturated heterocycles. The number of nitrogens with zero attached hydrogens (tertiary/aromatic N) is 1. The number of hydrogen-bond acceptors (Lipinski definition) is 3. The fraction of sp³-hybridized carbons (Fsp3) is 0.280. The predicted octanol–water partition coefficient (Wildman–Crippen LogP) is 5.85. The van der Waals surface area contributed by atoms with Crippen molar-refractivity contribution in [3.8, 4) is 0 Å². The lowest BCUT2D eigenvalue weighted by Crippen LogP contribution is -2.33. The number of carbonyl (C=O) groups is 1. The van der Waals surface area contributed by atoms with Crippen molar-refractivity contribution >= 4 is 27.9 Å². The number of allylic oxidation sites excluding steroid dienone is 1. The van der Waals surface area contributed by atoms with Gasteiger partial charge >= 0.3 is 0 Å². The molecule has 0 spiro atoms. The average Bonchev–Trinajstić information content (AvgIpc) is 2.66. The first-order chi connectivity index (χ1) is 13.4. The van der Waals surface area contributed by atoms with Crippen molar-refractivity contribution in [1.29, 1.82) is 0 Å². The maximum absolute atomic E-state index is 13.4. The third kappa shape index (κ3) is 2.57. The van der Waals surface area contributed by atoms with Crippen molar-refractivity contribution in [2.45, 2.75) is 39.7 Å². The number of benzene rings is 2. The summed E-state index contributed by atoms with van der Waals surface area (Å²) >= 11 is 0. The van der Waals surface area contributed by atoms with E-state index in [0.29, 0.717) is 6.42 Å². The van der Waals surface area contributed by atoms with Gasteiger partial charge in [0.25, 0.3) is 0 Å². The molecule has 1 aliphatic heterocycles. The fourth-order valence-electron chi connectivity index (χ4n) is 4.86. The molecular weight excluding hydrogens is 344 g/mol. The highest BCUT2D eigenvalue weighted by Crippen LogP contribution is 2.52. The molecule has 2 aliphatic rings. The summed E-state index contributed by atoms with van der Waals surface area (Å²) in [5, 5.41) is 4.82. The van der Waals surface area contributed by atoms with Gasteiger partial charge in [-0.25, -0.2) is 0 Å². The van der Waals surface area contributed by atoms with E-state index in [1.54, 1.807) is 0 Å². The molecule has 5 rings (SSSR count). The van der Waals surface area contributed by atoms with Crippen molar-refractivity contribution in [2.75, 3.05) is 5.32 Å². The Labute approximate surface area is 165 Å². The molecular formula is C25H24N2O. The van der Waals surface area contributed by atoms with Crippen LogP contribution in [0.2, 0.25) is 0 Å². The van der Waals surface area contributed by atoms with E-state index in [2.05, 4.69) is 73.5 Å². The van der Waals surface area contributed by atoms with Crippen LogP contribution in [0.25, 0.3) is 16.5 Å². The van der Waals surface area contributed by atoms with E-state index in [9.17, 15) is 4.79 Å². The monoisotopic (exact) mass is 368 g/mol. The van der Waals surface area contributed by atoms with Crippen LogP contribution in [-0.2, 0) is 4.79 Å². The largest absolute Gasteiger partial charge is 0.373 e. The van der Waals surface area contributed by atoms with Gasteiger partial charge in [0, 0.05) is 34.8 Å². The number of anilines is 1. The summed E-state index contributed by atoms with van der Waals surface area (Å²) in [6.45, 7) is 6.51. The lowest BCUT2D eigenvalue weighted by Gasteiger charge is -2.40. The Hall–Kier alpha value is -2.94. The Morgan fingerprint density at radius 2 is 1.86 bits per heavy atom. The van der Waals surface area contributed by atoms with Crippen molar-refractivity contribution in [3.05, 3.63) is 77.0 Å². The number of ketones is 1. The summed E-state index contributed by atoms with van der Waals surface area (Å²) in [4.78, 5) is 17.9. The molecule has 0 saturated carbocycles. The topological polar surface area (TPSA) is 42.0 Å². The number of aromatic nitrogens is 1. The number of aryl methyl sites for hydroxylation is 1. The van der Waals surface area contributed by atoms with Crippen LogP contribution in [0.4, 0.5) is 5.69 Å².